The smallest absolute Gasteiger partial charge is 0.133 e. The highest BCUT2D eigenvalue weighted by molar-refractivity contribution is 9.10. The zero-order valence-corrected chi connectivity index (χ0v) is 10.5. The van der Waals surface area contributed by atoms with Crippen LogP contribution in [0.4, 0.5) is 0 Å². The van der Waals surface area contributed by atoms with Crippen LogP contribution in [0.1, 0.15) is 44.2 Å². The molecule has 1 unspecified atom stereocenters. The second kappa shape index (κ2) is 4.47. The van der Waals surface area contributed by atoms with Crippen LogP contribution in [-0.2, 0) is 11.3 Å². The molecule has 2 rings (SSSR count). The van der Waals surface area contributed by atoms with Crippen LogP contribution in [0, 0.1) is 0 Å². The predicted molar refractivity (Wildman–Crippen MR) is 61.8 cm³/mol. The first-order valence-electron chi connectivity index (χ1n) is 5.45. The van der Waals surface area contributed by atoms with Crippen LogP contribution in [0.15, 0.2) is 10.7 Å². The topological polar surface area (TPSA) is 34.9 Å². The van der Waals surface area contributed by atoms with E-state index < -0.39 is 0 Å². The van der Waals surface area contributed by atoms with Gasteiger partial charge in [-0.3, -0.25) is 9.48 Å². The maximum atomic E-state index is 11.4. The third-order valence-electron chi connectivity index (χ3n) is 3.00. The summed E-state index contributed by atoms with van der Waals surface area (Å²) < 4.78 is 3.04. The van der Waals surface area contributed by atoms with E-state index in [0.29, 0.717) is 18.1 Å². The molecule has 0 amide bonds. The minimum Gasteiger partial charge on any atom is -0.300 e. The van der Waals surface area contributed by atoms with Crippen LogP contribution < -0.4 is 0 Å². The van der Waals surface area contributed by atoms with Crippen molar-refractivity contribution in [3.63, 3.8) is 0 Å². The fraction of sp³-hybridized carbons (Fsp3) is 0.636. The van der Waals surface area contributed by atoms with E-state index in [1.807, 2.05) is 10.9 Å². The standard InChI is InChI=1S/C11H15BrN2O/c1-2-14-11(10(12)7-13-14)8-4-3-5-9(15)6-8/h7-8H,2-6H2,1H3. The Hall–Kier alpha value is -0.640. The molecule has 1 aromatic heterocycles. The summed E-state index contributed by atoms with van der Waals surface area (Å²) in [4.78, 5) is 11.4. The lowest BCUT2D eigenvalue weighted by atomic mass is 9.86. The number of hydrogen-bond donors (Lipinski definition) is 0. The van der Waals surface area contributed by atoms with Gasteiger partial charge in [0.1, 0.15) is 5.78 Å². The predicted octanol–water partition coefficient (Wildman–Crippen LogP) is 2.89. The Balaban J connectivity index is 2.27. The summed E-state index contributed by atoms with van der Waals surface area (Å²) in [5.74, 6) is 0.755. The fourth-order valence-corrected chi connectivity index (χ4v) is 2.91. The lowest BCUT2D eigenvalue weighted by Gasteiger charge is -2.22. The molecular weight excluding hydrogens is 256 g/mol. The highest BCUT2D eigenvalue weighted by atomic mass is 79.9. The lowest BCUT2D eigenvalue weighted by molar-refractivity contribution is -0.120. The summed E-state index contributed by atoms with van der Waals surface area (Å²) in [5, 5.41) is 4.29. The molecule has 1 heterocycles. The van der Waals surface area contributed by atoms with Gasteiger partial charge in [-0.15, -0.1) is 0 Å². The van der Waals surface area contributed by atoms with E-state index in [2.05, 4.69) is 28.0 Å². The first kappa shape index (κ1) is 10.9. The van der Waals surface area contributed by atoms with Crippen molar-refractivity contribution < 1.29 is 4.79 Å². The third kappa shape index (κ3) is 2.14. The first-order chi connectivity index (χ1) is 7.22. The van der Waals surface area contributed by atoms with Crippen LogP contribution in [0.3, 0.4) is 0 Å². The Morgan fingerprint density at radius 2 is 2.47 bits per heavy atom. The lowest BCUT2D eigenvalue weighted by Crippen LogP contribution is -2.17. The molecule has 1 aliphatic carbocycles. The van der Waals surface area contributed by atoms with Crippen LogP contribution in [0.25, 0.3) is 0 Å². The number of hydrogen-bond acceptors (Lipinski definition) is 2. The Bertz CT molecular complexity index is 373. The molecule has 15 heavy (non-hydrogen) atoms. The number of ketones is 1. The SMILES string of the molecule is CCn1ncc(Br)c1C1CCCC(=O)C1. The zero-order valence-electron chi connectivity index (χ0n) is 8.87. The van der Waals surface area contributed by atoms with Crippen molar-refractivity contribution in [1.29, 1.82) is 0 Å². The number of carbonyl (C=O) groups excluding carboxylic acids is 1. The number of halogens is 1. The molecule has 1 aromatic rings. The van der Waals surface area contributed by atoms with Crippen LogP contribution in [0.2, 0.25) is 0 Å². The third-order valence-corrected chi connectivity index (χ3v) is 3.61. The molecular formula is C11H15BrN2O. The van der Waals surface area contributed by atoms with Crippen molar-refractivity contribution in [1.82, 2.24) is 9.78 Å². The zero-order chi connectivity index (χ0) is 10.8. The molecule has 82 valence electrons. The van der Waals surface area contributed by atoms with Crippen molar-refractivity contribution in [2.75, 3.05) is 0 Å². The number of rotatable bonds is 2. The number of carbonyl (C=O) groups is 1. The molecule has 1 atom stereocenters. The van der Waals surface area contributed by atoms with Crippen LogP contribution in [-0.4, -0.2) is 15.6 Å². The Morgan fingerprint density at radius 1 is 1.67 bits per heavy atom. The number of aromatic nitrogens is 2. The molecule has 1 fully saturated rings. The van der Waals surface area contributed by atoms with Gasteiger partial charge in [-0.2, -0.15) is 5.10 Å². The molecule has 0 saturated heterocycles. The normalized spacial score (nSPS) is 22.0. The van der Waals surface area contributed by atoms with Crippen LogP contribution in [0.5, 0.6) is 0 Å². The molecule has 3 nitrogen and oxygen atoms in total. The van der Waals surface area contributed by atoms with Gasteiger partial charge in [0.2, 0.25) is 0 Å². The van der Waals surface area contributed by atoms with E-state index >= 15 is 0 Å². The molecule has 4 heteroatoms. The monoisotopic (exact) mass is 270 g/mol. The fourth-order valence-electron chi connectivity index (χ4n) is 2.29. The summed E-state index contributed by atoms with van der Waals surface area (Å²) >= 11 is 3.52. The average molecular weight is 271 g/mol. The molecule has 0 bridgehead atoms. The van der Waals surface area contributed by atoms with Gasteiger partial charge in [-0.25, -0.2) is 0 Å². The number of nitrogens with zero attached hydrogens (tertiary/aromatic N) is 2. The highest BCUT2D eigenvalue weighted by Crippen LogP contribution is 2.34. The van der Waals surface area contributed by atoms with Gasteiger partial charge in [-0.05, 0) is 35.7 Å². The van der Waals surface area contributed by atoms with Crippen molar-refractivity contribution in [3.8, 4) is 0 Å². The maximum Gasteiger partial charge on any atom is 0.133 e. The van der Waals surface area contributed by atoms with Gasteiger partial charge < -0.3 is 0 Å². The quantitative estimate of drug-likeness (QED) is 0.829. The van der Waals surface area contributed by atoms with Gasteiger partial charge in [-0.1, -0.05) is 0 Å². The Kier molecular flexibility index (Phi) is 3.24. The van der Waals surface area contributed by atoms with E-state index in [4.69, 9.17) is 0 Å². The summed E-state index contributed by atoms with van der Waals surface area (Å²) in [6.07, 6.45) is 5.40. The Labute approximate surface area is 98.0 Å². The molecule has 1 saturated carbocycles. The molecule has 0 aromatic carbocycles. The summed E-state index contributed by atoms with van der Waals surface area (Å²) in [6.45, 7) is 2.94. The summed E-state index contributed by atoms with van der Waals surface area (Å²) in [5.41, 5.74) is 1.20. The minimum absolute atomic E-state index is 0.364. The van der Waals surface area contributed by atoms with Gasteiger partial charge in [0.15, 0.2) is 0 Å². The van der Waals surface area contributed by atoms with Gasteiger partial charge in [0, 0.05) is 25.3 Å². The van der Waals surface area contributed by atoms with E-state index in [1.165, 1.54) is 5.69 Å². The molecule has 0 radical (unpaired) electrons. The van der Waals surface area contributed by atoms with E-state index in [1.54, 1.807) is 0 Å². The van der Waals surface area contributed by atoms with E-state index in [9.17, 15) is 4.79 Å². The second-order valence-corrected chi connectivity index (χ2v) is 4.88. The summed E-state index contributed by atoms with van der Waals surface area (Å²) in [7, 11) is 0. The van der Waals surface area contributed by atoms with Gasteiger partial charge in [0.05, 0.1) is 16.4 Å². The van der Waals surface area contributed by atoms with Crippen molar-refractivity contribution in [2.45, 2.75) is 45.1 Å². The van der Waals surface area contributed by atoms with Crippen molar-refractivity contribution in [3.05, 3.63) is 16.4 Å². The van der Waals surface area contributed by atoms with Gasteiger partial charge in [0.25, 0.3) is 0 Å². The average Bonchev–Trinajstić information content (AvgIpc) is 2.59. The Morgan fingerprint density at radius 3 is 3.13 bits per heavy atom. The van der Waals surface area contributed by atoms with Gasteiger partial charge >= 0.3 is 0 Å². The first-order valence-corrected chi connectivity index (χ1v) is 6.24. The number of aryl methyl sites for hydroxylation is 1. The van der Waals surface area contributed by atoms with Crippen molar-refractivity contribution >= 4 is 21.7 Å². The molecule has 1 aliphatic rings. The van der Waals surface area contributed by atoms with Crippen LogP contribution >= 0.6 is 15.9 Å². The highest BCUT2D eigenvalue weighted by Gasteiger charge is 2.25. The minimum atomic E-state index is 0.364. The van der Waals surface area contributed by atoms with Crippen molar-refractivity contribution in [2.24, 2.45) is 0 Å². The second-order valence-electron chi connectivity index (χ2n) is 4.03. The summed E-state index contributed by atoms with van der Waals surface area (Å²) in [6, 6.07) is 0. The maximum absolute atomic E-state index is 11.4. The number of Topliss-reactive ketones (excluding diaryl/α,β-unsaturated/α-hetero) is 1. The van der Waals surface area contributed by atoms with E-state index in [-0.39, 0.29) is 0 Å². The largest absolute Gasteiger partial charge is 0.300 e. The molecule has 0 aliphatic heterocycles. The molecule has 0 spiro atoms. The molecule has 0 N–H and O–H groups in total. The van der Waals surface area contributed by atoms with E-state index in [0.717, 1.165) is 30.3 Å².